The van der Waals surface area contributed by atoms with Crippen LogP contribution in [0.25, 0.3) is 0 Å². The van der Waals surface area contributed by atoms with E-state index in [1.54, 1.807) is 0 Å². The molecule has 0 saturated heterocycles. The normalized spacial score (nSPS) is 12.6. The van der Waals surface area contributed by atoms with Crippen LogP contribution < -0.4 is 0 Å². The Morgan fingerprint density at radius 2 is 1.33 bits per heavy atom. The molecule has 1 nitrogen and oxygen atoms in total. The lowest BCUT2D eigenvalue weighted by Crippen LogP contribution is -2.13. The standard InChI is InChI=1S/C10H5ClF6O/c11-4-8(18)5-1-6(9(12,13)14)3-7(2-5)10(15,16)17/h1-3H,4H2. The first kappa shape index (κ1) is 14.8. The quantitative estimate of drug-likeness (QED) is 0.454. The highest BCUT2D eigenvalue weighted by Gasteiger charge is 2.37. The number of hydrogen-bond acceptors (Lipinski definition) is 1. The lowest BCUT2D eigenvalue weighted by molar-refractivity contribution is -0.143. The van der Waals surface area contributed by atoms with Crippen molar-refractivity contribution in [1.29, 1.82) is 0 Å². The number of carbonyl (C=O) groups is 1. The summed E-state index contributed by atoms with van der Waals surface area (Å²) in [5, 5.41) is 0. The van der Waals surface area contributed by atoms with Crippen molar-refractivity contribution in [3.63, 3.8) is 0 Å². The van der Waals surface area contributed by atoms with E-state index >= 15 is 0 Å². The maximum absolute atomic E-state index is 12.4. The minimum Gasteiger partial charge on any atom is -0.293 e. The predicted octanol–water partition coefficient (Wildman–Crippen LogP) is 4.15. The Kier molecular flexibility index (Phi) is 3.95. The molecule has 0 spiro atoms. The van der Waals surface area contributed by atoms with Crippen LogP contribution in [-0.2, 0) is 12.4 Å². The highest BCUT2D eigenvalue weighted by atomic mass is 35.5. The number of hydrogen-bond donors (Lipinski definition) is 0. The third-order valence-electron chi connectivity index (χ3n) is 2.03. The van der Waals surface area contributed by atoms with E-state index in [1.165, 1.54) is 0 Å². The minimum absolute atomic E-state index is 0.0506. The van der Waals surface area contributed by atoms with Crippen LogP contribution in [0.1, 0.15) is 21.5 Å². The number of benzene rings is 1. The molecule has 0 aliphatic rings. The van der Waals surface area contributed by atoms with Crippen LogP contribution in [0.4, 0.5) is 26.3 Å². The molecule has 0 aromatic heterocycles. The summed E-state index contributed by atoms with van der Waals surface area (Å²) in [6.45, 7) is 0. The molecular formula is C10H5ClF6O. The Balaban J connectivity index is 3.44. The van der Waals surface area contributed by atoms with Crippen LogP contribution in [0.15, 0.2) is 18.2 Å². The van der Waals surface area contributed by atoms with Crippen molar-refractivity contribution in [2.24, 2.45) is 0 Å². The molecule has 0 radical (unpaired) electrons. The summed E-state index contributed by atoms with van der Waals surface area (Å²) in [6.07, 6.45) is -9.94. The molecule has 0 bridgehead atoms. The predicted molar refractivity (Wildman–Crippen MR) is 51.5 cm³/mol. The molecule has 0 aliphatic carbocycles. The van der Waals surface area contributed by atoms with Crippen LogP contribution in [-0.4, -0.2) is 11.7 Å². The van der Waals surface area contributed by atoms with E-state index in [2.05, 4.69) is 0 Å². The number of rotatable bonds is 2. The van der Waals surface area contributed by atoms with E-state index in [-0.39, 0.29) is 6.07 Å². The SMILES string of the molecule is O=C(CCl)c1cc(C(F)(F)F)cc(C(F)(F)F)c1. The first-order chi connectivity index (χ1) is 8.05. The fourth-order valence-corrected chi connectivity index (χ4v) is 1.35. The van der Waals surface area contributed by atoms with Crippen molar-refractivity contribution in [3.05, 3.63) is 34.9 Å². The molecule has 0 saturated carbocycles. The van der Waals surface area contributed by atoms with Gasteiger partial charge in [-0.25, -0.2) is 0 Å². The van der Waals surface area contributed by atoms with E-state index < -0.39 is 40.7 Å². The molecule has 0 atom stereocenters. The second kappa shape index (κ2) is 4.79. The largest absolute Gasteiger partial charge is 0.416 e. The van der Waals surface area contributed by atoms with Gasteiger partial charge < -0.3 is 0 Å². The smallest absolute Gasteiger partial charge is 0.293 e. The Morgan fingerprint density at radius 3 is 1.61 bits per heavy atom. The number of halogens is 7. The average Bonchev–Trinajstić information content (AvgIpc) is 2.25. The van der Waals surface area contributed by atoms with Crippen LogP contribution in [0.5, 0.6) is 0 Å². The maximum Gasteiger partial charge on any atom is 0.416 e. The summed E-state index contributed by atoms with van der Waals surface area (Å²) >= 11 is 5.11. The lowest BCUT2D eigenvalue weighted by atomic mass is 10.0. The molecule has 1 rings (SSSR count). The zero-order valence-electron chi connectivity index (χ0n) is 8.49. The first-order valence-corrected chi connectivity index (χ1v) is 4.98. The van der Waals surface area contributed by atoms with Crippen molar-refractivity contribution in [1.82, 2.24) is 0 Å². The molecular weight excluding hydrogens is 286 g/mol. The van der Waals surface area contributed by atoms with Crippen molar-refractivity contribution in [3.8, 4) is 0 Å². The van der Waals surface area contributed by atoms with E-state index in [0.29, 0.717) is 12.1 Å². The molecule has 0 amide bonds. The van der Waals surface area contributed by atoms with Gasteiger partial charge in [-0.2, -0.15) is 26.3 Å². The summed E-state index contributed by atoms with van der Waals surface area (Å²) in [4.78, 5) is 11.1. The molecule has 1 aromatic rings. The fraction of sp³-hybridized carbons (Fsp3) is 0.300. The van der Waals surface area contributed by atoms with Gasteiger partial charge in [-0.1, -0.05) is 0 Å². The first-order valence-electron chi connectivity index (χ1n) is 4.44. The molecule has 0 N–H and O–H groups in total. The lowest BCUT2D eigenvalue weighted by Gasteiger charge is -2.13. The van der Waals surface area contributed by atoms with Crippen molar-refractivity contribution < 1.29 is 31.1 Å². The molecule has 1 aromatic carbocycles. The molecule has 0 aliphatic heterocycles. The second-order valence-corrected chi connectivity index (χ2v) is 3.62. The summed E-state index contributed by atoms with van der Waals surface area (Å²) in [6, 6.07) is 0.644. The van der Waals surface area contributed by atoms with Crippen LogP contribution in [0.3, 0.4) is 0 Å². The van der Waals surface area contributed by atoms with E-state index in [1.807, 2.05) is 0 Å². The van der Waals surface area contributed by atoms with Crippen LogP contribution in [0.2, 0.25) is 0 Å². The zero-order valence-corrected chi connectivity index (χ0v) is 9.25. The molecule has 18 heavy (non-hydrogen) atoms. The maximum atomic E-state index is 12.4. The van der Waals surface area contributed by atoms with Gasteiger partial charge in [0.1, 0.15) is 0 Å². The van der Waals surface area contributed by atoms with E-state index in [4.69, 9.17) is 11.6 Å². The fourth-order valence-electron chi connectivity index (χ4n) is 1.19. The highest BCUT2D eigenvalue weighted by Crippen LogP contribution is 2.36. The summed E-state index contributed by atoms with van der Waals surface area (Å²) in [5.41, 5.74) is -3.79. The Bertz CT molecular complexity index is 430. The summed E-state index contributed by atoms with van der Waals surface area (Å²) in [5.74, 6) is -1.70. The topological polar surface area (TPSA) is 17.1 Å². The number of ketones is 1. The third kappa shape index (κ3) is 3.38. The van der Waals surface area contributed by atoms with Gasteiger partial charge in [0.2, 0.25) is 0 Å². The van der Waals surface area contributed by atoms with Crippen LogP contribution >= 0.6 is 11.6 Å². The zero-order chi connectivity index (χ0) is 14.1. The van der Waals surface area contributed by atoms with Crippen molar-refractivity contribution >= 4 is 17.4 Å². The molecule has 8 heteroatoms. The van der Waals surface area contributed by atoms with Gasteiger partial charge in [-0.05, 0) is 18.2 Å². The van der Waals surface area contributed by atoms with Gasteiger partial charge in [0.15, 0.2) is 5.78 Å². The van der Waals surface area contributed by atoms with Crippen molar-refractivity contribution in [2.75, 3.05) is 5.88 Å². The number of Topliss-reactive ketones (excluding diaryl/α,β-unsaturated/α-hetero) is 1. The number of alkyl halides is 7. The monoisotopic (exact) mass is 290 g/mol. The Hall–Kier alpha value is -1.24. The van der Waals surface area contributed by atoms with Crippen LogP contribution in [0, 0.1) is 0 Å². The Labute approximate surface area is 102 Å². The summed E-state index contributed by atoms with van der Waals surface area (Å²) in [7, 11) is 0. The highest BCUT2D eigenvalue weighted by molar-refractivity contribution is 6.30. The summed E-state index contributed by atoms with van der Waals surface area (Å²) < 4.78 is 74.4. The van der Waals surface area contributed by atoms with Gasteiger partial charge in [0.25, 0.3) is 0 Å². The van der Waals surface area contributed by atoms with E-state index in [9.17, 15) is 31.1 Å². The number of carbonyl (C=O) groups excluding carboxylic acids is 1. The van der Waals surface area contributed by atoms with Crippen molar-refractivity contribution in [2.45, 2.75) is 12.4 Å². The average molecular weight is 291 g/mol. The van der Waals surface area contributed by atoms with Gasteiger partial charge in [0, 0.05) is 5.56 Å². The molecule has 0 fully saturated rings. The molecule has 0 unspecified atom stereocenters. The Morgan fingerprint density at radius 1 is 0.944 bits per heavy atom. The molecule has 0 heterocycles. The molecule has 100 valence electrons. The van der Waals surface area contributed by atoms with Gasteiger partial charge in [-0.15, -0.1) is 11.6 Å². The van der Waals surface area contributed by atoms with Gasteiger partial charge >= 0.3 is 12.4 Å². The second-order valence-electron chi connectivity index (χ2n) is 3.35. The van der Waals surface area contributed by atoms with Gasteiger partial charge in [0.05, 0.1) is 17.0 Å². The minimum atomic E-state index is -4.97. The van der Waals surface area contributed by atoms with E-state index in [0.717, 1.165) is 0 Å². The van der Waals surface area contributed by atoms with Gasteiger partial charge in [-0.3, -0.25) is 4.79 Å². The third-order valence-corrected chi connectivity index (χ3v) is 2.27.